The van der Waals surface area contributed by atoms with Crippen LogP contribution in [0.3, 0.4) is 0 Å². The third kappa shape index (κ3) is 2.80. The van der Waals surface area contributed by atoms with E-state index in [1.54, 1.807) is 44.6 Å². The largest absolute Gasteiger partial charge is 0.497 e. The van der Waals surface area contributed by atoms with Gasteiger partial charge in [0.2, 0.25) is 0 Å². The van der Waals surface area contributed by atoms with Crippen LogP contribution in [-0.4, -0.2) is 19.3 Å². The van der Waals surface area contributed by atoms with Crippen molar-refractivity contribution in [1.29, 1.82) is 0 Å². The van der Waals surface area contributed by atoms with Gasteiger partial charge in [-0.25, -0.2) is 0 Å². The van der Waals surface area contributed by atoms with Crippen LogP contribution < -0.4 is 15.2 Å². The Balaban J connectivity index is 2.40. The molecule has 0 aliphatic rings. The molecule has 0 aliphatic carbocycles. The zero-order valence-corrected chi connectivity index (χ0v) is 11.0. The van der Waals surface area contributed by atoms with E-state index >= 15 is 0 Å². The summed E-state index contributed by atoms with van der Waals surface area (Å²) in [6, 6.07) is 12.5. The van der Waals surface area contributed by atoms with Crippen molar-refractivity contribution in [3.8, 4) is 11.5 Å². The Labute approximate surface area is 112 Å². The summed E-state index contributed by atoms with van der Waals surface area (Å²) in [5.74, 6) is 1.26. The van der Waals surface area contributed by atoms with Crippen LogP contribution in [0.25, 0.3) is 0 Å². The van der Waals surface area contributed by atoms with E-state index in [9.17, 15) is 5.11 Å². The van der Waals surface area contributed by atoms with Gasteiger partial charge in [-0.2, -0.15) is 0 Å². The molecule has 2 rings (SSSR count). The molecule has 0 bridgehead atoms. The number of aliphatic hydroxyl groups is 1. The van der Waals surface area contributed by atoms with Crippen LogP contribution in [0, 0.1) is 0 Å². The lowest BCUT2D eigenvalue weighted by molar-refractivity contribution is 0.214. The standard InChI is InChI=1S/C15H17NO3/c1-18-12-6-7-13(14(9-12)19-2)15(17)10-4-3-5-11(16)8-10/h3-9,15,17H,16H2,1-2H3. The van der Waals surface area contributed by atoms with Gasteiger partial charge in [-0.3, -0.25) is 0 Å². The van der Waals surface area contributed by atoms with Gasteiger partial charge in [0.1, 0.15) is 17.6 Å². The summed E-state index contributed by atoms with van der Waals surface area (Å²) >= 11 is 0. The molecule has 4 heteroatoms. The van der Waals surface area contributed by atoms with Crippen LogP contribution >= 0.6 is 0 Å². The molecular formula is C15H17NO3. The first-order valence-electron chi connectivity index (χ1n) is 5.91. The molecule has 0 saturated heterocycles. The minimum absolute atomic E-state index is 0.578. The summed E-state index contributed by atoms with van der Waals surface area (Å²) in [6.45, 7) is 0. The molecule has 3 N–H and O–H groups in total. The van der Waals surface area contributed by atoms with Crippen molar-refractivity contribution in [2.75, 3.05) is 20.0 Å². The molecule has 19 heavy (non-hydrogen) atoms. The second-order valence-electron chi connectivity index (χ2n) is 4.18. The lowest BCUT2D eigenvalue weighted by Gasteiger charge is -2.16. The predicted molar refractivity (Wildman–Crippen MR) is 74.5 cm³/mol. The number of hydrogen-bond acceptors (Lipinski definition) is 4. The summed E-state index contributed by atoms with van der Waals surface area (Å²) in [4.78, 5) is 0. The molecular weight excluding hydrogens is 242 g/mol. The quantitative estimate of drug-likeness (QED) is 0.827. The minimum atomic E-state index is -0.788. The normalized spacial score (nSPS) is 11.9. The first-order valence-corrected chi connectivity index (χ1v) is 5.91. The van der Waals surface area contributed by atoms with Crippen LogP contribution in [-0.2, 0) is 0 Å². The molecule has 0 saturated carbocycles. The zero-order chi connectivity index (χ0) is 13.8. The third-order valence-corrected chi connectivity index (χ3v) is 2.96. The highest BCUT2D eigenvalue weighted by atomic mass is 16.5. The van der Waals surface area contributed by atoms with E-state index in [0.29, 0.717) is 22.7 Å². The Kier molecular flexibility index (Phi) is 3.92. The van der Waals surface area contributed by atoms with Crippen molar-refractivity contribution < 1.29 is 14.6 Å². The number of nitrogens with two attached hydrogens (primary N) is 1. The Hall–Kier alpha value is -2.20. The maximum atomic E-state index is 10.4. The predicted octanol–water partition coefficient (Wildman–Crippen LogP) is 2.37. The van der Waals surface area contributed by atoms with Gasteiger partial charge < -0.3 is 20.3 Å². The summed E-state index contributed by atoms with van der Waals surface area (Å²) < 4.78 is 10.4. The van der Waals surface area contributed by atoms with Gasteiger partial charge in [-0.05, 0) is 29.8 Å². The molecule has 1 unspecified atom stereocenters. The molecule has 0 aliphatic heterocycles. The molecule has 0 amide bonds. The van der Waals surface area contributed by atoms with Gasteiger partial charge in [0, 0.05) is 17.3 Å². The topological polar surface area (TPSA) is 64.7 Å². The summed E-state index contributed by atoms with van der Waals surface area (Å²) in [7, 11) is 3.15. The second-order valence-corrected chi connectivity index (χ2v) is 4.18. The lowest BCUT2D eigenvalue weighted by Crippen LogP contribution is -2.03. The maximum Gasteiger partial charge on any atom is 0.128 e. The van der Waals surface area contributed by atoms with Gasteiger partial charge in [0.05, 0.1) is 14.2 Å². The second kappa shape index (κ2) is 5.63. The number of methoxy groups -OCH3 is 2. The molecule has 4 nitrogen and oxygen atoms in total. The summed E-state index contributed by atoms with van der Waals surface area (Å²) in [6.07, 6.45) is -0.788. The highest BCUT2D eigenvalue weighted by Gasteiger charge is 2.16. The van der Waals surface area contributed by atoms with E-state index in [4.69, 9.17) is 15.2 Å². The SMILES string of the molecule is COc1ccc(C(O)c2cccc(N)c2)c(OC)c1. The molecule has 0 aromatic heterocycles. The van der Waals surface area contributed by atoms with Gasteiger partial charge in [0.25, 0.3) is 0 Å². The number of hydrogen-bond donors (Lipinski definition) is 2. The van der Waals surface area contributed by atoms with Crippen molar-refractivity contribution in [3.63, 3.8) is 0 Å². The maximum absolute atomic E-state index is 10.4. The molecule has 0 spiro atoms. The number of nitrogen functional groups attached to an aromatic ring is 1. The van der Waals surface area contributed by atoms with E-state index in [1.807, 2.05) is 12.1 Å². The molecule has 0 heterocycles. The Bertz CT molecular complexity index is 569. The average Bonchev–Trinajstić information content (AvgIpc) is 2.45. The van der Waals surface area contributed by atoms with Crippen LogP contribution in [0.2, 0.25) is 0 Å². The molecule has 2 aromatic carbocycles. The fraction of sp³-hybridized carbons (Fsp3) is 0.200. The summed E-state index contributed by atoms with van der Waals surface area (Å²) in [5.41, 5.74) is 7.74. The van der Waals surface area contributed by atoms with E-state index in [0.717, 1.165) is 5.56 Å². The highest BCUT2D eigenvalue weighted by molar-refractivity contribution is 5.48. The first kappa shape index (κ1) is 13.2. The monoisotopic (exact) mass is 259 g/mol. The molecule has 0 radical (unpaired) electrons. The van der Waals surface area contributed by atoms with E-state index in [-0.39, 0.29) is 0 Å². The zero-order valence-electron chi connectivity index (χ0n) is 11.0. The fourth-order valence-electron chi connectivity index (χ4n) is 1.95. The first-order chi connectivity index (χ1) is 9.15. The lowest BCUT2D eigenvalue weighted by atomic mass is 10.00. The van der Waals surface area contributed by atoms with Gasteiger partial charge >= 0.3 is 0 Å². The van der Waals surface area contributed by atoms with E-state index in [2.05, 4.69) is 0 Å². The van der Waals surface area contributed by atoms with Crippen LogP contribution in [0.15, 0.2) is 42.5 Å². The van der Waals surface area contributed by atoms with Crippen LogP contribution in [0.4, 0.5) is 5.69 Å². The number of aliphatic hydroxyl groups excluding tert-OH is 1. The Morgan fingerprint density at radius 1 is 1.05 bits per heavy atom. The van der Waals surface area contributed by atoms with Gasteiger partial charge in [-0.15, -0.1) is 0 Å². The smallest absolute Gasteiger partial charge is 0.128 e. The van der Waals surface area contributed by atoms with E-state index in [1.165, 1.54) is 0 Å². The van der Waals surface area contributed by atoms with Crippen molar-refractivity contribution >= 4 is 5.69 Å². The number of rotatable bonds is 4. The Morgan fingerprint density at radius 3 is 2.47 bits per heavy atom. The minimum Gasteiger partial charge on any atom is -0.497 e. The average molecular weight is 259 g/mol. The van der Waals surface area contributed by atoms with Crippen molar-refractivity contribution in [3.05, 3.63) is 53.6 Å². The number of ether oxygens (including phenoxy) is 2. The van der Waals surface area contributed by atoms with Crippen molar-refractivity contribution in [2.45, 2.75) is 6.10 Å². The van der Waals surface area contributed by atoms with E-state index < -0.39 is 6.10 Å². The number of benzene rings is 2. The molecule has 100 valence electrons. The van der Waals surface area contributed by atoms with Gasteiger partial charge in [-0.1, -0.05) is 12.1 Å². The van der Waals surface area contributed by atoms with Crippen molar-refractivity contribution in [1.82, 2.24) is 0 Å². The van der Waals surface area contributed by atoms with Crippen LogP contribution in [0.5, 0.6) is 11.5 Å². The van der Waals surface area contributed by atoms with Crippen LogP contribution in [0.1, 0.15) is 17.2 Å². The third-order valence-electron chi connectivity index (χ3n) is 2.96. The summed E-state index contributed by atoms with van der Waals surface area (Å²) in [5, 5.41) is 10.4. The van der Waals surface area contributed by atoms with Gasteiger partial charge in [0.15, 0.2) is 0 Å². The fourth-order valence-corrected chi connectivity index (χ4v) is 1.95. The van der Waals surface area contributed by atoms with Crippen molar-refractivity contribution in [2.24, 2.45) is 0 Å². The molecule has 1 atom stereocenters. The molecule has 2 aromatic rings. The number of anilines is 1. The molecule has 0 fully saturated rings. The Morgan fingerprint density at radius 2 is 1.84 bits per heavy atom. The highest BCUT2D eigenvalue weighted by Crippen LogP contribution is 2.33.